The molecule has 0 amide bonds. The smallest absolute Gasteiger partial charge is 0 e. The van der Waals surface area contributed by atoms with Gasteiger partial charge >= 0.3 is 0 Å². The number of allylic oxidation sites excluding steroid dienone is 2. The van der Waals surface area contributed by atoms with Gasteiger partial charge < -0.3 is 0 Å². The van der Waals surface area contributed by atoms with Gasteiger partial charge in [-0.2, -0.15) is 0 Å². The molecule has 0 bridgehead atoms. The van der Waals surface area contributed by atoms with Crippen LogP contribution in [0.4, 0.5) is 0 Å². The number of benzene rings is 2. The molecule has 2 aromatic rings. The molecule has 0 unspecified atom stereocenters. The van der Waals surface area contributed by atoms with E-state index in [2.05, 4.69) is 68.5 Å². The van der Waals surface area contributed by atoms with Crippen molar-refractivity contribution in [3.8, 4) is 11.1 Å². The molecule has 4 rings (SSSR count). The Morgan fingerprint density at radius 2 is 1.77 bits per heavy atom. The first-order chi connectivity index (χ1) is 12.2. The molecule has 1 heteroatoms. The van der Waals surface area contributed by atoms with Crippen LogP contribution in [0.1, 0.15) is 50.2 Å². The molecule has 0 saturated heterocycles. The van der Waals surface area contributed by atoms with Gasteiger partial charge in [-0.25, -0.2) is 0 Å². The van der Waals surface area contributed by atoms with Gasteiger partial charge in [0.1, 0.15) is 0 Å². The summed E-state index contributed by atoms with van der Waals surface area (Å²) in [5, 5.41) is 2.61. The first-order valence-electron chi connectivity index (χ1n) is 9.80. The molecule has 2 aromatic carbocycles. The quantitative estimate of drug-likeness (QED) is 0.644. The number of hydrogen-bond acceptors (Lipinski definition) is 0. The third kappa shape index (κ3) is 4.20. The van der Waals surface area contributed by atoms with E-state index in [1.165, 1.54) is 70.4 Å². The van der Waals surface area contributed by atoms with Crippen LogP contribution in [-0.2, 0) is 32.6 Å². The number of fused-ring (bicyclic) bond motifs is 1. The average Bonchev–Trinajstić information content (AvgIpc) is 3.04. The minimum Gasteiger partial charge on any atom is -0.0735 e. The molecule has 1 saturated carbocycles. The molecule has 2 aliphatic rings. The van der Waals surface area contributed by atoms with Gasteiger partial charge in [0.05, 0.1) is 0 Å². The number of rotatable bonds is 3. The fraction of sp³-hybridized carbons (Fsp3) is 0.360. The summed E-state index contributed by atoms with van der Waals surface area (Å²) >= 11 is 0. The van der Waals surface area contributed by atoms with Gasteiger partial charge in [-0.15, -0.1) is 0 Å². The molecule has 2 aliphatic carbocycles. The van der Waals surface area contributed by atoms with E-state index < -0.39 is 0 Å². The molecular formula is C25H27Zr. The van der Waals surface area contributed by atoms with Gasteiger partial charge in [0.2, 0.25) is 0 Å². The zero-order chi connectivity index (χ0) is 17.2. The van der Waals surface area contributed by atoms with Crippen molar-refractivity contribution in [2.24, 2.45) is 5.92 Å². The maximum Gasteiger partial charge on any atom is 0 e. The van der Waals surface area contributed by atoms with Crippen LogP contribution in [0.2, 0.25) is 0 Å². The molecule has 0 N–H and O–H groups in total. The SMILES string of the molecule is CCc1ccc(-c2cc(C)cc3c2=CC(=CC2CCCCC2)[C]=3)cc1.[Zr]. The van der Waals surface area contributed by atoms with Crippen LogP contribution in [0.25, 0.3) is 23.3 Å². The van der Waals surface area contributed by atoms with Crippen molar-refractivity contribution in [3.63, 3.8) is 0 Å². The zero-order valence-corrected chi connectivity index (χ0v) is 18.4. The van der Waals surface area contributed by atoms with E-state index in [1.807, 2.05) is 0 Å². The van der Waals surface area contributed by atoms with Gasteiger partial charge in [-0.3, -0.25) is 0 Å². The summed E-state index contributed by atoms with van der Waals surface area (Å²) in [7, 11) is 0. The van der Waals surface area contributed by atoms with Crippen LogP contribution in [0.5, 0.6) is 0 Å². The van der Waals surface area contributed by atoms with E-state index in [1.54, 1.807) is 0 Å². The van der Waals surface area contributed by atoms with Crippen LogP contribution >= 0.6 is 0 Å². The molecule has 0 aromatic heterocycles. The molecule has 1 fully saturated rings. The van der Waals surface area contributed by atoms with Gasteiger partial charge in [0.15, 0.2) is 0 Å². The Morgan fingerprint density at radius 3 is 2.46 bits per heavy atom. The summed E-state index contributed by atoms with van der Waals surface area (Å²) in [5.41, 5.74) is 6.66. The molecule has 1 radical (unpaired) electrons. The number of hydrogen-bond donors (Lipinski definition) is 0. The Balaban J connectivity index is 0.00000196. The van der Waals surface area contributed by atoms with E-state index in [0.717, 1.165) is 12.3 Å². The normalized spacial score (nSPS) is 18.0. The Labute approximate surface area is 176 Å². The fourth-order valence-corrected chi connectivity index (χ4v) is 4.21. The van der Waals surface area contributed by atoms with Crippen molar-refractivity contribution >= 4 is 12.2 Å². The summed E-state index contributed by atoms with van der Waals surface area (Å²) in [5.74, 6) is 0.746. The van der Waals surface area contributed by atoms with Crippen molar-refractivity contribution < 1.29 is 26.2 Å². The minimum absolute atomic E-state index is 0. The van der Waals surface area contributed by atoms with Gasteiger partial charge in [-0.05, 0) is 82.5 Å². The summed E-state index contributed by atoms with van der Waals surface area (Å²) in [6.07, 6.45) is 16.5. The Bertz CT molecular complexity index is 910. The molecular weight excluding hydrogens is 391 g/mol. The van der Waals surface area contributed by atoms with Gasteiger partial charge in [0, 0.05) is 26.2 Å². The maximum absolute atomic E-state index is 3.66. The first kappa shape index (κ1) is 19.6. The second-order valence-electron chi connectivity index (χ2n) is 7.61. The van der Waals surface area contributed by atoms with Crippen molar-refractivity contribution in [1.29, 1.82) is 0 Å². The molecule has 0 atom stereocenters. The minimum atomic E-state index is 0. The Hall–Kier alpha value is -1.20. The molecule has 131 valence electrons. The molecule has 26 heavy (non-hydrogen) atoms. The number of aryl methyl sites for hydroxylation is 2. The van der Waals surface area contributed by atoms with Crippen molar-refractivity contribution in [2.45, 2.75) is 52.4 Å². The zero-order valence-electron chi connectivity index (χ0n) is 15.9. The van der Waals surface area contributed by atoms with Crippen LogP contribution in [0.15, 0.2) is 48.0 Å². The summed E-state index contributed by atoms with van der Waals surface area (Å²) in [4.78, 5) is 0. The van der Waals surface area contributed by atoms with Crippen molar-refractivity contribution in [1.82, 2.24) is 0 Å². The maximum atomic E-state index is 3.66. The van der Waals surface area contributed by atoms with Gasteiger partial charge in [-0.1, -0.05) is 68.7 Å². The third-order valence-electron chi connectivity index (χ3n) is 5.64. The van der Waals surface area contributed by atoms with Crippen molar-refractivity contribution in [3.05, 3.63) is 69.6 Å². The molecule has 0 aliphatic heterocycles. The topological polar surface area (TPSA) is 0 Å². The first-order valence-corrected chi connectivity index (χ1v) is 9.80. The third-order valence-corrected chi connectivity index (χ3v) is 5.64. The summed E-state index contributed by atoms with van der Waals surface area (Å²) < 4.78 is 0. The van der Waals surface area contributed by atoms with E-state index in [4.69, 9.17) is 0 Å². The molecule has 0 nitrogen and oxygen atoms in total. The standard InChI is InChI=1S/C25H27.Zr/c1-3-19-9-11-22(12-10-19)24-14-18(2)13-23-16-21(17-25(23)24)15-20-7-5-4-6-8-20;/h9-15,17,20H,3-8H2,1-2H3;. The molecule has 0 spiro atoms. The van der Waals surface area contributed by atoms with Crippen LogP contribution in [0, 0.1) is 12.8 Å². The van der Waals surface area contributed by atoms with Crippen molar-refractivity contribution in [2.75, 3.05) is 0 Å². The second kappa shape index (κ2) is 8.66. The largest absolute Gasteiger partial charge is 0.0735 e. The van der Waals surface area contributed by atoms with E-state index in [-0.39, 0.29) is 26.2 Å². The van der Waals surface area contributed by atoms with Crippen LogP contribution < -0.4 is 10.4 Å². The Kier molecular flexibility index (Phi) is 6.52. The predicted octanol–water partition coefficient (Wildman–Crippen LogP) is 5.18. The second-order valence-corrected chi connectivity index (χ2v) is 7.61. The van der Waals surface area contributed by atoms with E-state index >= 15 is 0 Å². The Morgan fingerprint density at radius 1 is 1.04 bits per heavy atom. The van der Waals surface area contributed by atoms with Crippen LogP contribution in [0.3, 0.4) is 0 Å². The monoisotopic (exact) mass is 417 g/mol. The fourth-order valence-electron chi connectivity index (χ4n) is 4.21. The van der Waals surface area contributed by atoms with E-state index in [9.17, 15) is 0 Å². The average molecular weight is 419 g/mol. The van der Waals surface area contributed by atoms with Gasteiger partial charge in [0.25, 0.3) is 0 Å². The predicted molar refractivity (Wildman–Crippen MR) is 108 cm³/mol. The molecule has 0 heterocycles. The summed E-state index contributed by atoms with van der Waals surface area (Å²) in [6, 6.07) is 13.6. The summed E-state index contributed by atoms with van der Waals surface area (Å²) in [6.45, 7) is 4.40. The van der Waals surface area contributed by atoms with E-state index in [0.29, 0.717) is 0 Å². The van der Waals surface area contributed by atoms with Crippen LogP contribution in [-0.4, -0.2) is 0 Å².